The smallest absolute Gasteiger partial charge is 0.277 e. The van der Waals surface area contributed by atoms with Crippen LogP contribution in [-0.4, -0.2) is 66.0 Å². The van der Waals surface area contributed by atoms with E-state index in [1.165, 1.54) is 19.9 Å². The Kier molecular flexibility index (Phi) is 4.44. The largest absolute Gasteiger partial charge is 0.282 e. The predicted molar refractivity (Wildman–Crippen MR) is 96.1 cm³/mol. The van der Waals surface area contributed by atoms with Crippen LogP contribution in [0.25, 0.3) is 0 Å². The van der Waals surface area contributed by atoms with Gasteiger partial charge in [0.1, 0.15) is 0 Å². The molecule has 2 saturated carbocycles. The van der Waals surface area contributed by atoms with Crippen molar-refractivity contribution >= 4 is 22.0 Å². The van der Waals surface area contributed by atoms with Crippen LogP contribution in [0.1, 0.15) is 46.0 Å². The number of amides is 2. The van der Waals surface area contributed by atoms with Crippen LogP contribution in [0.4, 0.5) is 0 Å². The molecule has 2 heterocycles. The number of likely N-dealkylation sites (tertiary alicyclic amines) is 1. The highest BCUT2D eigenvalue weighted by molar-refractivity contribution is 7.86. The molecule has 2 aliphatic heterocycles. The minimum atomic E-state index is -3.60. The van der Waals surface area contributed by atoms with E-state index in [1.807, 2.05) is 6.92 Å². The molecule has 6 atom stereocenters. The van der Waals surface area contributed by atoms with Gasteiger partial charge in [-0.3, -0.25) is 14.5 Å². The van der Waals surface area contributed by atoms with E-state index in [1.54, 1.807) is 14.0 Å². The number of rotatable bonds is 5. The SMILES string of the molecule is CCCN(C)S(=O)(=O)N1CC[C@H]2[C@H]1[C@H](C)C(=O)N2C(=O)C1[C@H]2CCC[C@@H]12. The highest BCUT2D eigenvalue weighted by Crippen LogP contribution is 2.59. The van der Waals surface area contributed by atoms with E-state index in [0.29, 0.717) is 31.3 Å². The molecule has 26 heavy (non-hydrogen) atoms. The molecule has 0 N–H and O–H groups in total. The molecule has 4 rings (SSSR count). The monoisotopic (exact) mass is 383 g/mol. The average Bonchev–Trinajstić information content (AvgIpc) is 2.97. The lowest BCUT2D eigenvalue weighted by Crippen LogP contribution is -2.48. The maximum Gasteiger partial charge on any atom is 0.282 e. The summed E-state index contributed by atoms with van der Waals surface area (Å²) in [6.07, 6.45) is 4.66. The molecule has 2 amide bonds. The van der Waals surface area contributed by atoms with Gasteiger partial charge < -0.3 is 0 Å². The highest BCUT2D eigenvalue weighted by Gasteiger charge is 2.63. The lowest BCUT2D eigenvalue weighted by atomic mass is 10.0. The molecule has 0 aromatic rings. The van der Waals surface area contributed by atoms with Crippen molar-refractivity contribution in [2.75, 3.05) is 20.1 Å². The molecule has 7 nitrogen and oxygen atoms in total. The molecule has 2 saturated heterocycles. The Balaban J connectivity index is 1.56. The Morgan fingerprint density at radius 2 is 1.88 bits per heavy atom. The first-order valence-corrected chi connectivity index (χ1v) is 11.3. The quantitative estimate of drug-likeness (QED) is 0.665. The summed E-state index contributed by atoms with van der Waals surface area (Å²) < 4.78 is 28.7. The van der Waals surface area contributed by atoms with Crippen LogP contribution in [0.3, 0.4) is 0 Å². The van der Waals surface area contributed by atoms with Crippen LogP contribution >= 0.6 is 0 Å². The van der Waals surface area contributed by atoms with Crippen LogP contribution < -0.4 is 0 Å². The summed E-state index contributed by atoms with van der Waals surface area (Å²) >= 11 is 0. The van der Waals surface area contributed by atoms with Gasteiger partial charge in [-0.2, -0.15) is 17.0 Å². The van der Waals surface area contributed by atoms with Gasteiger partial charge in [0, 0.05) is 26.1 Å². The zero-order valence-corrected chi connectivity index (χ0v) is 16.6. The molecule has 8 heteroatoms. The molecule has 0 spiro atoms. The molecule has 4 fully saturated rings. The number of carbonyl (C=O) groups is 2. The molecule has 4 aliphatic rings. The fourth-order valence-electron chi connectivity index (χ4n) is 5.66. The lowest BCUT2D eigenvalue weighted by molar-refractivity contribution is -0.146. The van der Waals surface area contributed by atoms with Gasteiger partial charge in [0.05, 0.1) is 18.0 Å². The normalized spacial score (nSPS) is 39.5. The minimum Gasteiger partial charge on any atom is -0.277 e. The van der Waals surface area contributed by atoms with E-state index in [0.717, 1.165) is 19.3 Å². The molecular formula is C18H29N3O4S. The van der Waals surface area contributed by atoms with Crippen LogP contribution in [0.2, 0.25) is 0 Å². The van der Waals surface area contributed by atoms with Gasteiger partial charge in [0.15, 0.2) is 0 Å². The van der Waals surface area contributed by atoms with Crippen LogP contribution in [0, 0.1) is 23.7 Å². The molecular weight excluding hydrogens is 354 g/mol. The summed E-state index contributed by atoms with van der Waals surface area (Å²) in [4.78, 5) is 27.3. The standard InChI is InChI=1S/C18H29N3O4S/c1-4-9-19(3)26(24,25)20-10-8-14-16(20)11(2)17(22)21(14)18(23)15-12-6-5-7-13(12)15/h11-16H,4-10H2,1-3H3/t11-,12-,13+,14-,15?,16+/m0/s1. The third kappa shape index (κ3) is 2.48. The van der Waals surface area contributed by atoms with E-state index in [-0.39, 0.29) is 23.8 Å². The van der Waals surface area contributed by atoms with Gasteiger partial charge in [-0.25, -0.2) is 0 Å². The zero-order chi connectivity index (χ0) is 18.8. The third-order valence-corrected chi connectivity index (χ3v) is 8.99. The van der Waals surface area contributed by atoms with Gasteiger partial charge in [-0.05, 0) is 37.5 Å². The van der Waals surface area contributed by atoms with E-state index in [2.05, 4.69) is 0 Å². The second-order valence-electron chi connectivity index (χ2n) is 8.41. The summed E-state index contributed by atoms with van der Waals surface area (Å²) in [6.45, 7) is 4.54. The summed E-state index contributed by atoms with van der Waals surface area (Å²) in [5.41, 5.74) is 0. The maximum absolute atomic E-state index is 13.0. The summed E-state index contributed by atoms with van der Waals surface area (Å²) in [6, 6.07) is -0.717. The predicted octanol–water partition coefficient (Wildman–Crippen LogP) is 1.07. The number of imide groups is 1. The van der Waals surface area contributed by atoms with Gasteiger partial charge in [-0.15, -0.1) is 0 Å². The Morgan fingerprint density at radius 3 is 2.50 bits per heavy atom. The van der Waals surface area contributed by atoms with E-state index in [4.69, 9.17) is 0 Å². The Morgan fingerprint density at radius 1 is 1.23 bits per heavy atom. The number of carbonyl (C=O) groups excluding carboxylic acids is 2. The number of fused-ring (bicyclic) bond motifs is 2. The zero-order valence-electron chi connectivity index (χ0n) is 15.8. The van der Waals surface area contributed by atoms with Crippen molar-refractivity contribution in [3.05, 3.63) is 0 Å². The minimum absolute atomic E-state index is 0.00655. The highest BCUT2D eigenvalue weighted by atomic mass is 32.2. The van der Waals surface area contributed by atoms with Crippen molar-refractivity contribution in [1.82, 2.24) is 13.5 Å². The van der Waals surface area contributed by atoms with E-state index >= 15 is 0 Å². The fourth-order valence-corrected chi connectivity index (χ4v) is 7.40. The third-order valence-electron chi connectivity index (χ3n) is 7.00. The topological polar surface area (TPSA) is 78.0 Å². The summed E-state index contributed by atoms with van der Waals surface area (Å²) in [7, 11) is -2.02. The van der Waals surface area contributed by atoms with Gasteiger partial charge in [0.25, 0.3) is 10.2 Å². The Labute approximate surface area is 155 Å². The summed E-state index contributed by atoms with van der Waals surface area (Å²) in [5.74, 6) is 0.239. The van der Waals surface area contributed by atoms with E-state index < -0.39 is 22.2 Å². The second kappa shape index (κ2) is 6.27. The van der Waals surface area contributed by atoms with Crippen LogP contribution in [0.15, 0.2) is 0 Å². The van der Waals surface area contributed by atoms with Gasteiger partial charge in [0.2, 0.25) is 11.8 Å². The number of hydrogen-bond donors (Lipinski definition) is 0. The van der Waals surface area contributed by atoms with Crippen LogP contribution in [-0.2, 0) is 19.8 Å². The van der Waals surface area contributed by atoms with Crippen molar-refractivity contribution in [2.45, 2.75) is 58.0 Å². The lowest BCUT2D eigenvalue weighted by Gasteiger charge is -2.29. The molecule has 1 unspecified atom stereocenters. The maximum atomic E-state index is 13.0. The van der Waals surface area contributed by atoms with Crippen molar-refractivity contribution in [3.63, 3.8) is 0 Å². The Bertz CT molecular complexity index is 714. The van der Waals surface area contributed by atoms with Crippen molar-refractivity contribution < 1.29 is 18.0 Å². The average molecular weight is 384 g/mol. The molecule has 2 aliphatic carbocycles. The van der Waals surface area contributed by atoms with Crippen molar-refractivity contribution in [3.8, 4) is 0 Å². The first-order chi connectivity index (χ1) is 12.3. The van der Waals surface area contributed by atoms with Gasteiger partial charge >= 0.3 is 0 Å². The molecule has 0 bridgehead atoms. The number of nitrogens with zero attached hydrogens (tertiary/aromatic N) is 3. The van der Waals surface area contributed by atoms with Crippen LogP contribution in [0.5, 0.6) is 0 Å². The first-order valence-electron chi connectivity index (χ1n) is 9.90. The van der Waals surface area contributed by atoms with Crippen molar-refractivity contribution in [2.24, 2.45) is 23.7 Å². The molecule has 146 valence electrons. The van der Waals surface area contributed by atoms with Crippen molar-refractivity contribution in [1.29, 1.82) is 0 Å². The first kappa shape index (κ1) is 18.4. The second-order valence-corrected chi connectivity index (χ2v) is 10.4. The Hall–Kier alpha value is -0.990. The van der Waals surface area contributed by atoms with E-state index in [9.17, 15) is 18.0 Å². The van der Waals surface area contributed by atoms with Gasteiger partial charge in [-0.1, -0.05) is 20.3 Å². The summed E-state index contributed by atoms with van der Waals surface area (Å²) in [5, 5.41) is 0. The molecule has 0 aromatic heterocycles. The fraction of sp³-hybridized carbons (Fsp3) is 0.889. The molecule has 0 aromatic carbocycles. The number of hydrogen-bond acceptors (Lipinski definition) is 4. The molecule has 0 radical (unpaired) electrons.